The number of rotatable bonds is 4. The Hall–Kier alpha value is -2.24. The Labute approximate surface area is 104 Å². The first-order chi connectivity index (χ1) is 8.54. The summed E-state index contributed by atoms with van der Waals surface area (Å²) in [4.78, 5) is 11.4. The van der Waals surface area contributed by atoms with Gasteiger partial charge in [0, 0.05) is 0 Å². The number of aliphatic hydroxyl groups excluding tert-OH is 1. The Balaban J connectivity index is 2.88. The Kier molecular flexibility index (Phi) is 4.98. The van der Waals surface area contributed by atoms with Crippen LogP contribution in [0.25, 0.3) is 0 Å². The minimum absolute atomic E-state index is 0.168. The molecule has 0 saturated carbocycles. The molecule has 0 bridgehead atoms. The number of esters is 1. The van der Waals surface area contributed by atoms with E-state index in [1.165, 1.54) is 31.2 Å². The molecule has 0 radical (unpaired) electrons. The number of ether oxygens (including phenoxy) is 1. The smallest absolute Gasteiger partial charge is 0.362 e. The molecule has 0 aliphatic rings. The zero-order chi connectivity index (χ0) is 13.5. The Bertz CT molecular complexity index is 477. The van der Waals surface area contributed by atoms with E-state index in [-0.39, 0.29) is 18.1 Å². The SMILES string of the molecule is CCOC(=O)/C(N=Nc1ccc(F)cc1)=C(/C)O. The molecule has 1 rings (SSSR count). The average molecular weight is 252 g/mol. The fourth-order valence-electron chi connectivity index (χ4n) is 1.08. The molecule has 0 unspecified atom stereocenters. The van der Waals surface area contributed by atoms with Gasteiger partial charge in [-0.25, -0.2) is 9.18 Å². The summed E-state index contributed by atoms with van der Waals surface area (Å²) >= 11 is 0. The lowest BCUT2D eigenvalue weighted by Gasteiger charge is -2.01. The number of aliphatic hydroxyl groups is 1. The Morgan fingerprint density at radius 3 is 2.50 bits per heavy atom. The summed E-state index contributed by atoms with van der Waals surface area (Å²) in [5.41, 5.74) is 0.0839. The van der Waals surface area contributed by atoms with Crippen molar-refractivity contribution < 1.29 is 19.0 Å². The summed E-state index contributed by atoms with van der Waals surface area (Å²) in [7, 11) is 0. The molecular weight excluding hydrogens is 239 g/mol. The zero-order valence-electron chi connectivity index (χ0n) is 10.1. The first-order valence-corrected chi connectivity index (χ1v) is 5.29. The molecule has 0 fully saturated rings. The third-order valence-electron chi connectivity index (χ3n) is 1.90. The van der Waals surface area contributed by atoms with Gasteiger partial charge in [-0.3, -0.25) is 0 Å². The molecule has 0 saturated heterocycles. The first-order valence-electron chi connectivity index (χ1n) is 5.29. The van der Waals surface area contributed by atoms with Gasteiger partial charge >= 0.3 is 5.97 Å². The third-order valence-corrected chi connectivity index (χ3v) is 1.90. The van der Waals surface area contributed by atoms with Crippen LogP contribution in [0.3, 0.4) is 0 Å². The van der Waals surface area contributed by atoms with E-state index < -0.39 is 11.8 Å². The largest absolute Gasteiger partial charge is 0.510 e. The fourth-order valence-corrected chi connectivity index (χ4v) is 1.08. The lowest BCUT2D eigenvalue weighted by Crippen LogP contribution is -2.07. The van der Waals surface area contributed by atoms with Crippen LogP contribution in [0.5, 0.6) is 0 Å². The van der Waals surface area contributed by atoms with Crippen LogP contribution >= 0.6 is 0 Å². The summed E-state index contributed by atoms with van der Waals surface area (Å²) in [6.07, 6.45) is 0. The van der Waals surface area contributed by atoms with Crippen LogP contribution in [0.15, 0.2) is 46.0 Å². The van der Waals surface area contributed by atoms with Gasteiger partial charge in [-0.2, -0.15) is 5.11 Å². The lowest BCUT2D eigenvalue weighted by molar-refractivity contribution is -0.138. The Morgan fingerprint density at radius 1 is 1.39 bits per heavy atom. The van der Waals surface area contributed by atoms with Crippen LogP contribution in [0.1, 0.15) is 13.8 Å². The summed E-state index contributed by atoms with van der Waals surface area (Å²) in [5, 5.41) is 16.6. The summed E-state index contributed by atoms with van der Waals surface area (Å²) < 4.78 is 17.3. The normalized spacial score (nSPS) is 12.4. The number of carbonyl (C=O) groups is 1. The van der Waals surface area contributed by atoms with E-state index in [4.69, 9.17) is 4.74 Å². The van der Waals surface area contributed by atoms with Gasteiger partial charge in [0.25, 0.3) is 0 Å². The van der Waals surface area contributed by atoms with Crippen LogP contribution in [0.2, 0.25) is 0 Å². The van der Waals surface area contributed by atoms with Crippen LogP contribution < -0.4 is 0 Å². The van der Waals surface area contributed by atoms with Crippen molar-refractivity contribution in [1.29, 1.82) is 0 Å². The highest BCUT2D eigenvalue weighted by Crippen LogP contribution is 2.15. The second kappa shape index (κ2) is 6.48. The molecule has 0 aliphatic heterocycles. The number of hydrogen-bond acceptors (Lipinski definition) is 5. The molecule has 0 heterocycles. The molecule has 96 valence electrons. The minimum atomic E-state index is -0.761. The van der Waals surface area contributed by atoms with Gasteiger partial charge in [0.05, 0.1) is 12.3 Å². The molecule has 0 aromatic heterocycles. The molecule has 0 spiro atoms. The van der Waals surface area contributed by atoms with Crippen LogP contribution in [0, 0.1) is 5.82 Å². The summed E-state index contributed by atoms with van der Waals surface area (Å²) in [5.74, 6) is -1.45. The highest BCUT2D eigenvalue weighted by atomic mass is 19.1. The highest BCUT2D eigenvalue weighted by molar-refractivity contribution is 5.88. The maximum Gasteiger partial charge on any atom is 0.362 e. The molecule has 18 heavy (non-hydrogen) atoms. The maximum atomic E-state index is 12.6. The second-order valence-electron chi connectivity index (χ2n) is 3.33. The third kappa shape index (κ3) is 3.97. The molecule has 0 amide bonds. The average Bonchev–Trinajstić information content (AvgIpc) is 2.31. The van der Waals surface area contributed by atoms with Crippen molar-refractivity contribution in [3.8, 4) is 0 Å². The second-order valence-corrected chi connectivity index (χ2v) is 3.33. The number of benzene rings is 1. The van der Waals surface area contributed by atoms with E-state index in [0.717, 1.165) is 0 Å². The van der Waals surface area contributed by atoms with Crippen molar-refractivity contribution in [1.82, 2.24) is 0 Å². The molecule has 0 aliphatic carbocycles. The zero-order valence-corrected chi connectivity index (χ0v) is 10.1. The standard InChI is InChI=1S/C12H13FN2O3/c1-3-18-12(17)11(8(2)16)15-14-10-6-4-9(13)5-7-10/h4-7,16H,3H2,1-2H3/b11-8+,15-14?. The van der Waals surface area contributed by atoms with Crippen LogP contribution in [-0.4, -0.2) is 17.7 Å². The molecule has 5 nitrogen and oxygen atoms in total. The van der Waals surface area contributed by atoms with E-state index >= 15 is 0 Å². The molecular formula is C12H13FN2O3. The van der Waals surface area contributed by atoms with Crippen LogP contribution in [-0.2, 0) is 9.53 Å². The maximum absolute atomic E-state index is 12.6. The number of carbonyl (C=O) groups excluding carboxylic acids is 1. The first kappa shape index (κ1) is 13.8. The number of nitrogens with zero attached hydrogens (tertiary/aromatic N) is 2. The predicted molar refractivity (Wildman–Crippen MR) is 62.9 cm³/mol. The van der Waals surface area contributed by atoms with Crippen LogP contribution in [0.4, 0.5) is 10.1 Å². The van der Waals surface area contributed by atoms with Crippen molar-refractivity contribution in [3.05, 3.63) is 41.5 Å². The van der Waals surface area contributed by atoms with Gasteiger partial charge in [0.1, 0.15) is 11.6 Å². The quantitative estimate of drug-likeness (QED) is 0.387. The number of allylic oxidation sites excluding steroid dienone is 1. The van der Waals surface area contributed by atoms with Crippen molar-refractivity contribution in [2.24, 2.45) is 10.2 Å². The topological polar surface area (TPSA) is 71.2 Å². The van der Waals surface area contributed by atoms with Crippen molar-refractivity contribution in [2.75, 3.05) is 6.61 Å². The van der Waals surface area contributed by atoms with Gasteiger partial charge in [-0.15, -0.1) is 5.11 Å². The molecule has 1 N–H and O–H groups in total. The van der Waals surface area contributed by atoms with Gasteiger partial charge in [0.15, 0.2) is 0 Å². The van der Waals surface area contributed by atoms with E-state index in [1.54, 1.807) is 6.92 Å². The van der Waals surface area contributed by atoms with Crippen molar-refractivity contribution >= 4 is 11.7 Å². The van der Waals surface area contributed by atoms with E-state index in [1.807, 2.05) is 0 Å². The van der Waals surface area contributed by atoms with Gasteiger partial charge < -0.3 is 9.84 Å². The van der Waals surface area contributed by atoms with E-state index in [0.29, 0.717) is 5.69 Å². The van der Waals surface area contributed by atoms with Gasteiger partial charge in [-0.05, 0) is 38.1 Å². The highest BCUT2D eigenvalue weighted by Gasteiger charge is 2.13. The minimum Gasteiger partial charge on any atom is -0.510 e. The number of halogens is 1. The molecule has 0 atom stereocenters. The fraction of sp³-hybridized carbons (Fsp3) is 0.250. The van der Waals surface area contributed by atoms with E-state index in [9.17, 15) is 14.3 Å². The Morgan fingerprint density at radius 2 is 2.00 bits per heavy atom. The summed E-state index contributed by atoms with van der Waals surface area (Å²) in [6, 6.07) is 5.23. The summed E-state index contributed by atoms with van der Waals surface area (Å²) in [6.45, 7) is 3.11. The number of azo groups is 1. The van der Waals surface area contributed by atoms with Gasteiger partial charge in [0.2, 0.25) is 5.70 Å². The van der Waals surface area contributed by atoms with E-state index in [2.05, 4.69) is 10.2 Å². The molecule has 6 heteroatoms. The molecule has 1 aromatic carbocycles. The van der Waals surface area contributed by atoms with Crippen molar-refractivity contribution in [2.45, 2.75) is 13.8 Å². The lowest BCUT2D eigenvalue weighted by atomic mass is 10.3. The molecule has 1 aromatic rings. The predicted octanol–water partition coefficient (Wildman–Crippen LogP) is 3.26. The van der Waals surface area contributed by atoms with Crippen molar-refractivity contribution in [3.63, 3.8) is 0 Å². The number of hydrogen-bond donors (Lipinski definition) is 1. The monoisotopic (exact) mass is 252 g/mol. The van der Waals surface area contributed by atoms with Gasteiger partial charge in [-0.1, -0.05) is 0 Å².